The Kier molecular flexibility index (Phi) is 50.6. The Hall–Kier alpha value is -4.45. The number of carbonyl (C=O) groups excluding carboxylic acids is 3. The molecule has 0 radical (unpaired) electrons. The summed E-state index contributed by atoms with van der Waals surface area (Å²) >= 11 is 0. The van der Waals surface area contributed by atoms with Gasteiger partial charge in [-0.2, -0.15) is 0 Å². The van der Waals surface area contributed by atoms with E-state index < -0.39 is 6.10 Å². The lowest BCUT2D eigenvalue weighted by molar-refractivity contribution is -0.167. The summed E-state index contributed by atoms with van der Waals surface area (Å²) in [5.41, 5.74) is 0. The van der Waals surface area contributed by atoms with Gasteiger partial charge in [0.2, 0.25) is 0 Å². The molecular formula is C61H96O6. The van der Waals surface area contributed by atoms with Gasteiger partial charge < -0.3 is 14.2 Å². The smallest absolute Gasteiger partial charge is 0.306 e. The summed E-state index contributed by atoms with van der Waals surface area (Å²) in [6.07, 6.45) is 75.8. The Labute approximate surface area is 411 Å². The average Bonchev–Trinajstić information content (AvgIpc) is 3.33. The predicted molar refractivity (Wildman–Crippen MR) is 288 cm³/mol. The van der Waals surface area contributed by atoms with Gasteiger partial charge in [-0.05, 0) is 128 Å². The van der Waals surface area contributed by atoms with Gasteiger partial charge in [-0.15, -0.1) is 0 Å². The zero-order chi connectivity index (χ0) is 48.6. The monoisotopic (exact) mass is 925 g/mol. The summed E-state index contributed by atoms with van der Waals surface area (Å²) in [4.78, 5) is 38.0. The van der Waals surface area contributed by atoms with Crippen molar-refractivity contribution in [3.05, 3.63) is 134 Å². The SMILES string of the molecule is CC/C=C\C/C=C\C/C=C\C/C=C\C/C=C\CCCCCC(=O)OC[C@H](COC(=O)CCCCCCC/C=C\CCCCCC)OC(=O)CCC/C=C\C/C=C\C/C=C\C/C=C\C/C=C\CC. The first-order valence-electron chi connectivity index (χ1n) is 26.7. The number of hydrogen-bond acceptors (Lipinski definition) is 6. The van der Waals surface area contributed by atoms with Gasteiger partial charge in [-0.25, -0.2) is 0 Å². The van der Waals surface area contributed by atoms with Crippen LogP contribution < -0.4 is 0 Å². The summed E-state index contributed by atoms with van der Waals surface area (Å²) in [6, 6.07) is 0. The molecule has 0 N–H and O–H groups in total. The van der Waals surface area contributed by atoms with Gasteiger partial charge in [0.25, 0.3) is 0 Å². The van der Waals surface area contributed by atoms with Crippen LogP contribution in [0.4, 0.5) is 0 Å². The second-order valence-electron chi connectivity index (χ2n) is 17.0. The molecule has 0 bridgehead atoms. The molecule has 0 unspecified atom stereocenters. The second kappa shape index (κ2) is 54.2. The van der Waals surface area contributed by atoms with E-state index in [0.29, 0.717) is 19.3 Å². The van der Waals surface area contributed by atoms with E-state index in [-0.39, 0.29) is 37.5 Å². The first-order chi connectivity index (χ1) is 33.0. The highest BCUT2D eigenvalue weighted by Crippen LogP contribution is 2.12. The molecule has 0 aromatic heterocycles. The van der Waals surface area contributed by atoms with Crippen LogP contribution in [0.3, 0.4) is 0 Å². The van der Waals surface area contributed by atoms with Crippen molar-refractivity contribution < 1.29 is 28.6 Å². The number of hydrogen-bond donors (Lipinski definition) is 0. The Morgan fingerprint density at radius 1 is 0.313 bits per heavy atom. The van der Waals surface area contributed by atoms with Gasteiger partial charge in [-0.1, -0.05) is 199 Å². The molecule has 67 heavy (non-hydrogen) atoms. The van der Waals surface area contributed by atoms with Crippen LogP contribution >= 0.6 is 0 Å². The first kappa shape index (κ1) is 62.5. The fourth-order valence-corrected chi connectivity index (χ4v) is 6.67. The molecule has 0 aromatic carbocycles. The zero-order valence-corrected chi connectivity index (χ0v) is 42.9. The molecular weight excluding hydrogens is 829 g/mol. The summed E-state index contributed by atoms with van der Waals surface area (Å²) in [7, 11) is 0. The van der Waals surface area contributed by atoms with Crippen LogP contribution in [0, 0.1) is 0 Å². The Bertz CT molecular complexity index is 1480. The number of esters is 3. The van der Waals surface area contributed by atoms with E-state index in [1.165, 1.54) is 38.5 Å². The van der Waals surface area contributed by atoms with Gasteiger partial charge in [-0.3, -0.25) is 14.4 Å². The molecule has 0 aromatic rings. The van der Waals surface area contributed by atoms with Crippen molar-refractivity contribution in [2.24, 2.45) is 0 Å². The minimum Gasteiger partial charge on any atom is -0.462 e. The van der Waals surface area contributed by atoms with E-state index >= 15 is 0 Å². The molecule has 0 aliphatic carbocycles. The van der Waals surface area contributed by atoms with Crippen LogP contribution in [0.5, 0.6) is 0 Å². The van der Waals surface area contributed by atoms with Crippen LogP contribution in [-0.4, -0.2) is 37.2 Å². The third kappa shape index (κ3) is 52.4. The molecule has 0 aliphatic heterocycles. The van der Waals surface area contributed by atoms with Crippen LogP contribution in [0.15, 0.2) is 134 Å². The lowest BCUT2D eigenvalue weighted by Crippen LogP contribution is -2.30. The second-order valence-corrected chi connectivity index (χ2v) is 17.0. The van der Waals surface area contributed by atoms with E-state index in [2.05, 4.69) is 154 Å². The maximum Gasteiger partial charge on any atom is 0.306 e. The minimum absolute atomic E-state index is 0.120. The fourth-order valence-electron chi connectivity index (χ4n) is 6.67. The summed E-state index contributed by atoms with van der Waals surface area (Å²) in [5, 5.41) is 0. The van der Waals surface area contributed by atoms with Crippen molar-refractivity contribution in [1.29, 1.82) is 0 Å². The van der Waals surface area contributed by atoms with Crippen molar-refractivity contribution in [2.75, 3.05) is 13.2 Å². The third-order valence-corrected chi connectivity index (χ3v) is 10.6. The van der Waals surface area contributed by atoms with Crippen LogP contribution in [0.2, 0.25) is 0 Å². The van der Waals surface area contributed by atoms with Crippen molar-refractivity contribution in [1.82, 2.24) is 0 Å². The molecule has 0 fully saturated rings. The molecule has 6 nitrogen and oxygen atoms in total. The van der Waals surface area contributed by atoms with Gasteiger partial charge in [0, 0.05) is 19.3 Å². The van der Waals surface area contributed by atoms with Gasteiger partial charge in [0.15, 0.2) is 6.10 Å². The summed E-state index contributed by atoms with van der Waals surface area (Å²) < 4.78 is 16.7. The standard InChI is InChI=1S/C61H96O6/c1-4-7-10-13-16-19-22-25-27-29-30-32-33-36-39-42-45-48-51-54-60(63)66-57-58(56-65-59(62)53-50-47-44-41-38-35-24-21-18-15-12-9-6-3)67-61(64)55-52-49-46-43-40-37-34-31-28-26-23-20-17-14-11-8-5-2/h7-8,10-11,16-17,19-21,24-28,30,32,34,36-37,39,43,46,58H,4-6,9,12-15,18,22-23,29,31,33,35,38,40-42,44-45,47-57H2,1-3H3/b10-7-,11-8-,19-16-,20-17-,24-21-,27-25-,28-26-,32-30-,37-34-,39-36-,46-43-/t58-/m0/s1. The topological polar surface area (TPSA) is 78.9 Å². The van der Waals surface area contributed by atoms with E-state index in [9.17, 15) is 14.4 Å². The van der Waals surface area contributed by atoms with Gasteiger partial charge >= 0.3 is 17.9 Å². The number of carbonyl (C=O) groups is 3. The summed E-state index contributed by atoms with van der Waals surface area (Å²) in [5.74, 6) is -1.03. The number of unbranched alkanes of at least 4 members (excludes halogenated alkanes) is 13. The van der Waals surface area contributed by atoms with Crippen LogP contribution in [0.25, 0.3) is 0 Å². The van der Waals surface area contributed by atoms with E-state index in [4.69, 9.17) is 14.2 Å². The highest BCUT2D eigenvalue weighted by molar-refractivity contribution is 5.71. The average molecular weight is 925 g/mol. The number of allylic oxidation sites excluding steroid dienone is 22. The molecule has 0 saturated carbocycles. The summed E-state index contributed by atoms with van der Waals surface area (Å²) in [6.45, 7) is 6.29. The molecule has 0 heterocycles. The fraction of sp³-hybridized carbons (Fsp3) is 0.590. The highest BCUT2D eigenvalue weighted by Gasteiger charge is 2.19. The number of rotatable bonds is 46. The highest BCUT2D eigenvalue weighted by atomic mass is 16.6. The largest absolute Gasteiger partial charge is 0.462 e. The predicted octanol–water partition coefficient (Wildman–Crippen LogP) is 17.9. The van der Waals surface area contributed by atoms with Crippen LogP contribution in [0.1, 0.15) is 213 Å². The zero-order valence-electron chi connectivity index (χ0n) is 42.9. The normalized spacial score (nSPS) is 13.2. The van der Waals surface area contributed by atoms with Gasteiger partial charge in [0.1, 0.15) is 13.2 Å². The molecule has 0 saturated heterocycles. The third-order valence-electron chi connectivity index (χ3n) is 10.6. The van der Waals surface area contributed by atoms with E-state index in [0.717, 1.165) is 128 Å². The van der Waals surface area contributed by atoms with E-state index in [1.807, 2.05) is 0 Å². The lowest BCUT2D eigenvalue weighted by Gasteiger charge is -2.18. The molecule has 1 atom stereocenters. The van der Waals surface area contributed by atoms with Gasteiger partial charge in [0.05, 0.1) is 0 Å². The van der Waals surface area contributed by atoms with Crippen molar-refractivity contribution in [3.63, 3.8) is 0 Å². The molecule has 0 rings (SSSR count). The molecule has 376 valence electrons. The van der Waals surface area contributed by atoms with Crippen molar-refractivity contribution >= 4 is 17.9 Å². The molecule has 0 spiro atoms. The minimum atomic E-state index is -0.830. The lowest BCUT2D eigenvalue weighted by atomic mass is 10.1. The molecule has 0 amide bonds. The van der Waals surface area contributed by atoms with Crippen molar-refractivity contribution in [2.45, 2.75) is 219 Å². The molecule has 0 aliphatic rings. The van der Waals surface area contributed by atoms with E-state index in [1.54, 1.807) is 0 Å². The van der Waals surface area contributed by atoms with Crippen molar-refractivity contribution in [3.8, 4) is 0 Å². The Morgan fingerprint density at radius 3 is 0.985 bits per heavy atom. The maximum atomic E-state index is 12.8. The number of ether oxygens (including phenoxy) is 3. The maximum absolute atomic E-state index is 12.8. The quantitative estimate of drug-likeness (QED) is 0.0262. The first-order valence-corrected chi connectivity index (χ1v) is 26.7. The molecule has 6 heteroatoms. The van der Waals surface area contributed by atoms with Crippen LogP contribution in [-0.2, 0) is 28.6 Å². The Balaban J connectivity index is 4.57. The Morgan fingerprint density at radius 2 is 0.597 bits per heavy atom.